The van der Waals surface area contributed by atoms with Crippen molar-refractivity contribution in [2.45, 2.75) is 24.1 Å². The molecule has 1 aromatic heterocycles. The highest BCUT2D eigenvalue weighted by molar-refractivity contribution is 7.12. The van der Waals surface area contributed by atoms with E-state index in [1.165, 1.54) is 17.5 Å². The monoisotopic (exact) mass is 452 g/mol. The van der Waals surface area contributed by atoms with Crippen molar-refractivity contribution in [1.29, 1.82) is 0 Å². The maximum absolute atomic E-state index is 13.9. The number of carbonyl (C=O) groups is 2. The van der Waals surface area contributed by atoms with Crippen molar-refractivity contribution in [1.82, 2.24) is 10.2 Å². The molecule has 0 spiro atoms. The second-order valence-electron chi connectivity index (χ2n) is 6.65. The molecule has 2 heterocycles. The van der Waals surface area contributed by atoms with Crippen LogP contribution in [-0.2, 0) is 6.18 Å². The van der Waals surface area contributed by atoms with Crippen LogP contribution in [0.2, 0.25) is 0 Å². The number of Topliss-reactive ketones (excluding diaryl/α,β-unsaturated/α-hetero) is 1. The molecule has 162 valence electrons. The lowest BCUT2D eigenvalue weighted by Crippen LogP contribution is -2.72. The van der Waals surface area contributed by atoms with Crippen LogP contribution in [0.15, 0.2) is 41.8 Å². The first-order chi connectivity index (χ1) is 13.8. The lowest BCUT2D eigenvalue weighted by Gasteiger charge is -2.49. The summed E-state index contributed by atoms with van der Waals surface area (Å²) in [4.78, 5) is 25.0. The highest BCUT2D eigenvalue weighted by Crippen LogP contribution is 2.48. The van der Waals surface area contributed by atoms with Gasteiger partial charge in [0, 0.05) is 7.05 Å². The van der Waals surface area contributed by atoms with Crippen LogP contribution in [0.25, 0.3) is 0 Å². The molecule has 0 radical (unpaired) electrons. The number of nitrogens with zero attached hydrogens (tertiary/aromatic N) is 1. The van der Waals surface area contributed by atoms with E-state index in [2.05, 4.69) is 5.32 Å². The molecule has 1 aliphatic heterocycles. The number of hydrogen-bond acceptors (Lipinski definition) is 4. The molecular formula is C18H14F6N2O3S. The first-order valence-corrected chi connectivity index (χ1v) is 9.24. The molecule has 1 aliphatic rings. The molecule has 30 heavy (non-hydrogen) atoms. The van der Waals surface area contributed by atoms with Crippen LogP contribution in [0.3, 0.4) is 0 Å². The Bertz CT molecular complexity index is 942. The summed E-state index contributed by atoms with van der Waals surface area (Å²) in [6.07, 6.45) is -10.1. The Morgan fingerprint density at radius 3 is 2.20 bits per heavy atom. The molecule has 0 saturated carbocycles. The number of carbonyl (C=O) groups excluding carboxylic acids is 2. The molecule has 0 aliphatic carbocycles. The molecule has 0 unspecified atom stereocenters. The third-order valence-electron chi connectivity index (χ3n) is 4.92. The van der Waals surface area contributed by atoms with Gasteiger partial charge in [-0.05, 0) is 29.1 Å². The van der Waals surface area contributed by atoms with Gasteiger partial charge in [-0.15, -0.1) is 11.3 Å². The van der Waals surface area contributed by atoms with E-state index in [-0.39, 0.29) is 15.3 Å². The summed E-state index contributed by atoms with van der Waals surface area (Å²) in [7, 11) is 0.681. The number of ketones is 1. The van der Waals surface area contributed by atoms with Crippen LogP contribution < -0.4 is 5.32 Å². The highest BCUT2D eigenvalue weighted by atomic mass is 32.1. The SMILES string of the molecule is CN1C(=O)N[C@@H](c2ccc(C(F)(F)F)cc2)[C@H](C(=O)c2cccs2)[C@]1(O)C(F)(F)F. The minimum absolute atomic E-state index is 0.0241. The van der Waals surface area contributed by atoms with Gasteiger partial charge in [-0.2, -0.15) is 26.3 Å². The van der Waals surface area contributed by atoms with E-state index < -0.39 is 47.4 Å². The Morgan fingerprint density at radius 2 is 1.73 bits per heavy atom. The number of hydrogen-bond donors (Lipinski definition) is 2. The van der Waals surface area contributed by atoms with Crippen molar-refractivity contribution in [3.63, 3.8) is 0 Å². The average molecular weight is 452 g/mol. The number of urea groups is 1. The van der Waals surface area contributed by atoms with Crippen LogP contribution in [0, 0.1) is 5.92 Å². The normalized spacial score (nSPS) is 25.2. The number of amides is 2. The number of aliphatic hydroxyl groups is 1. The predicted octanol–water partition coefficient (Wildman–Crippen LogP) is 4.21. The molecule has 2 N–H and O–H groups in total. The Labute approximate surface area is 169 Å². The number of benzene rings is 1. The molecular weight excluding hydrogens is 438 g/mol. The Balaban J connectivity index is 2.16. The number of nitrogens with one attached hydrogen (secondary N) is 1. The summed E-state index contributed by atoms with van der Waals surface area (Å²) >= 11 is 0.833. The minimum atomic E-state index is -5.43. The average Bonchev–Trinajstić information content (AvgIpc) is 3.18. The minimum Gasteiger partial charge on any atom is -0.363 e. The van der Waals surface area contributed by atoms with Gasteiger partial charge in [0.2, 0.25) is 0 Å². The van der Waals surface area contributed by atoms with Gasteiger partial charge in [0.1, 0.15) is 5.92 Å². The summed E-state index contributed by atoms with van der Waals surface area (Å²) in [5.41, 5.74) is -5.14. The largest absolute Gasteiger partial charge is 0.437 e. The fourth-order valence-corrected chi connectivity index (χ4v) is 4.04. The van der Waals surface area contributed by atoms with Crippen molar-refractivity contribution in [3.05, 3.63) is 57.8 Å². The maximum Gasteiger partial charge on any atom is 0.437 e. The van der Waals surface area contributed by atoms with E-state index in [9.17, 15) is 41.0 Å². The highest BCUT2D eigenvalue weighted by Gasteiger charge is 2.69. The van der Waals surface area contributed by atoms with Gasteiger partial charge in [-0.3, -0.25) is 9.69 Å². The lowest BCUT2D eigenvalue weighted by atomic mass is 9.77. The van der Waals surface area contributed by atoms with E-state index in [1.807, 2.05) is 0 Å². The van der Waals surface area contributed by atoms with Crippen LogP contribution in [-0.4, -0.2) is 40.8 Å². The fraction of sp³-hybridized carbons (Fsp3) is 0.333. The Hall–Kier alpha value is -2.60. The molecule has 1 aromatic carbocycles. The van der Waals surface area contributed by atoms with E-state index in [4.69, 9.17) is 0 Å². The topological polar surface area (TPSA) is 69.6 Å². The standard InChI is InChI=1S/C18H14F6N2O3S/c1-26-15(28)25-13(9-4-6-10(7-5-9)17(19,20)21)12(16(26,29)18(22,23)24)14(27)11-3-2-8-30-11/h2-8,12-13,29H,1H3,(H,25,28)/t12-,13+,16+/m1/s1. The van der Waals surface area contributed by atoms with Crippen molar-refractivity contribution in [3.8, 4) is 0 Å². The number of rotatable bonds is 3. The molecule has 1 saturated heterocycles. The van der Waals surface area contributed by atoms with E-state index >= 15 is 0 Å². The van der Waals surface area contributed by atoms with Crippen LogP contribution in [0.4, 0.5) is 31.1 Å². The first kappa shape index (κ1) is 22.1. The third-order valence-corrected chi connectivity index (χ3v) is 5.81. The molecule has 0 bridgehead atoms. The first-order valence-electron chi connectivity index (χ1n) is 8.36. The fourth-order valence-electron chi connectivity index (χ4n) is 3.34. The molecule has 3 atom stereocenters. The molecule has 12 heteroatoms. The summed E-state index contributed by atoms with van der Waals surface area (Å²) in [5, 5.41) is 14.3. The molecule has 2 amide bonds. The zero-order valence-electron chi connectivity index (χ0n) is 15.1. The number of halogens is 6. The summed E-state index contributed by atoms with van der Waals surface area (Å²) in [6.45, 7) is 0. The van der Waals surface area contributed by atoms with E-state index in [1.54, 1.807) is 0 Å². The van der Waals surface area contributed by atoms with E-state index in [0.29, 0.717) is 19.2 Å². The van der Waals surface area contributed by atoms with Gasteiger partial charge < -0.3 is 10.4 Å². The second-order valence-corrected chi connectivity index (χ2v) is 7.60. The molecule has 3 rings (SSSR count). The van der Waals surface area contributed by atoms with Crippen LogP contribution in [0.1, 0.15) is 26.8 Å². The van der Waals surface area contributed by atoms with Gasteiger partial charge >= 0.3 is 18.4 Å². The van der Waals surface area contributed by atoms with Gasteiger partial charge in [0.05, 0.1) is 16.5 Å². The van der Waals surface area contributed by atoms with E-state index in [0.717, 1.165) is 23.5 Å². The zero-order chi connectivity index (χ0) is 22.5. The van der Waals surface area contributed by atoms with Gasteiger partial charge in [-0.1, -0.05) is 18.2 Å². The zero-order valence-corrected chi connectivity index (χ0v) is 15.9. The van der Waals surface area contributed by atoms with Crippen molar-refractivity contribution in [2.24, 2.45) is 5.92 Å². The summed E-state index contributed by atoms with van der Waals surface area (Å²) in [6, 6.07) is 2.59. The predicted molar refractivity (Wildman–Crippen MR) is 93.6 cm³/mol. The quantitative estimate of drug-likeness (QED) is 0.542. The Kier molecular flexibility index (Phi) is 5.35. The maximum atomic E-state index is 13.9. The van der Waals surface area contributed by atoms with Crippen molar-refractivity contribution >= 4 is 23.2 Å². The molecule has 2 aromatic rings. The second kappa shape index (κ2) is 7.27. The van der Waals surface area contributed by atoms with Gasteiger partial charge in [0.25, 0.3) is 5.72 Å². The Morgan fingerprint density at radius 1 is 1.13 bits per heavy atom. The van der Waals surface area contributed by atoms with Crippen molar-refractivity contribution in [2.75, 3.05) is 7.05 Å². The number of alkyl halides is 6. The lowest BCUT2D eigenvalue weighted by molar-refractivity contribution is -0.322. The van der Waals surface area contributed by atoms with Gasteiger partial charge in [0.15, 0.2) is 5.78 Å². The van der Waals surface area contributed by atoms with Crippen LogP contribution in [0.5, 0.6) is 0 Å². The third kappa shape index (κ3) is 3.54. The smallest absolute Gasteiger partial charge is 0.363 e. The molecule has 5 nitrogen and oxygen atoms in total. The van der Waals surface area contributed by atoms with Gasteiger partial charge in [-0.25, -0.2) is 4.79 Å². The van der Waals surface area contributed by atoms with Crippen molar-refractivity contribution < 1.29 is 41.0 Å². The molecule has 1 fully saturated rings. The number of thiophene rings is 1. The summed E-state index contributed by atoms with van der Waals surface area (Å²) in [5.74, 6) is -3.38. The summed E-state index contributed by atoms with van der Waals surface area (Å²) < 4.78 is 80.3. The van der Waals surface area contributed by atoms with Crippen LogP contribution >= 0.6 is 11.3 Å².